The lowest BCUT2D eigenvalue weighted by Crippen LogP contribution is -2.29. The lowest BCUT2D eigenvalue weighted by molar-refractivity contribution is 0.0696. The zero-order valence-corrected chi connectivity index (χ0v) is 11.2. The molecule has 0 aliphatic carbocycles. The van der Waals surface area contributed by atoms with Crippen molar-refractivity contribution in [3.05, 3.63) is 40.4 Å². The number of carbonyl (C=O) groups is 2. The molecule has 102 valence electrons. The third kappa shape index (κ3) is 2.01. The van der Waals surface area contributed by atoms with Crippen molar-refractivity contribution in [2.45, 2.75) is 6.42 Å². The normalized spacial score (nSPS) is 13.3. The van der Waals surface area contributed by atoms with E-state index in [4.69, 9.17) is 10.8 Å². The van der Waals surface area contributed by atoms with Crippen LogP contribution in [0.25, 0.3) is 0 Å². The molecule has 3 rings (SSSR count). The molecule has 1 aliphatic rings. The largest absolute Gasteiger partial charge is 0.478 e. The summed E-state index contributed by atoms with van der Waals surface area (Å²) in [6, 6.07) is 4.78. The Morgan fingerprint density at radius 2 is 2.20 bits per heavy atom. The number of nitrogen functional groups attached to an aromatic ring is 1. The number of anilines is 2. The van der Waals surface area contributed by atoms with Gasteiger partial charge in [0.1, 0.15) is 5.69 Å². The van der Waals surface area contributed by atoms with Crippen molar-refractivity contribution in [3.8, 4) is 0 Å². The Bertz CT molecular complexity index is 711. The standard InChI is InChI=1S/C13H11N3O3S/c14-13-15-9(6-20-13)11(17)16-4-3-7-5-8(12(18)19)1-2-10(7)16/h1-2,5-6H,3-4H2,(H2,14,15)(H,18,19). The molecule has 7 heteroatoms. The van der Waals surface area contributed by atoms with Gasteiger partial charge in [-0.25, -0.2) is 9.78 Å². The van der Waals surface area contributed by atoms with Gasteiger partial charge >= 0.3 is 5.97 Å². The van der Waals surface area contributed by atoms with Gasteiger partial charge < -0.3 is 15.7 Å². The second-order valence-corrected chi connectivity index (χ2v) is 5.32. The highest BCUT2D eigenvalue weighted by atomic mass is 32.1. The molecule has 1 aromatic carbocycles. The van der Waals surface area contributed by atoms with E-state index in [1.807, 2.05) is 0 Å². The molecule has 0 atom stereocenters. The molecule has 1 amide bonds. The van der Waals surface area contributed by atoms with Gasteiger partial charge in [-0.05, 0) is 30.2 Å². The monoisotopic (exact) mass is 289 g/mol. The number of fused-ring (bicyclic) bond motifs is 1. The minimum atomic E-state index is -0.968. The number of nitrogens with zero attached hydrogens (tertiary/aromatic N) is 2. The number of nitrogens with two attached hydrogens (primary N) is 1. The van der Waals surface area contributed by atoms with E-state index in [1.165, 1.54) is 17.4 Å². The van der Waals surface area contributed by atoms with Crippen LogP contribution in [0.5, 0.6) is 0 Å². The van der Waals surface area contributed by atoms with E-state index in [2.05, 4.69) is 4.98 Å². The summed E-state index contributed by atoms with van der Waals surface area (Å²) in [4.78, 5) is 28.9. The molecule has 0 fully saturated rings. The van der Waals surface area contributed by atoms with Crippen LogP contribution < -0.4 is 10.6 Å². The third-order valence-corrected chi connectivity index (χ3v) is 3.88. The minimum absolute atomic E-state index is 0.209. The van der Waals surface area contributed by atoms with Gasteiger partial charge in [0.05, 0.1) is 5.56 Å². The van der Waals surface area contributed by atoms with Crippen LogP contribution in [0, 0.1) is 0 Å². The lowest BCUT2D eigenvalue weighted by Gasteiger charge is -2.15. The van der Waals surface area contributed by atoms with Crippen LogP contribution in [0.3, 0.4) is 0 Å². The van der Waals surface area contributed by atoms with Crippen molar-refractivity contribution in [2.75, 3.05) is 17.2 Å². The quantitative estimate of drug-likeness (QED) is 0.875. The molecule has 0 saturated carbocycles. The van der Waals surface area contributed by atoms with Gasteiger partial charge in [0.15, 0.2) is 5.13 Å². The summed E-state index contributed by atoms with van der Waals surface area (Å²) >= 11 is 1.22. The first-order chi connectivity index (χ1) is 9.56. The van der Waals surface area contributed by atoms with Gasteiger partial charge in [0.25, 0.3) is 5.91 Å². The number of hydrogen-bond donors (Lipinski definition) is 2. The molecule has 1 aromatic heterocycles. The van der Waals surface area contributed by atoms with E-state index in [0.717, 1.165) is 11.3 Å². The first kappa shape index (κ1) is 12.6. The second-order valence-electron chi connectivity index (χ2n) is 4.43. The molecule has 6 nitrogen and oxygen atoms in total. The molecule has 0 saturated heterocycles. The van der Waals surface area contributed by atoms with Crippen molar-refractivity contribution < 1.29 is 14.7 Å². The van der Waals surface area contributed by atoms with E-state index >= 15 is 0 Å². The lowest BCUT2D eigenvalue weighted by atomic mass is 10.1. The summed E-state index contributed by atoms with van der Waals surface area (Å²) in [7, 11) is 0. The van der Waals surface area contributed by atoms with Crippen LogP contribution in [0.1, 0.15) is 26.4 Å². The Kier molecular flexibility index (Phi) is 2.90. The van der Waals surface area contributed by atoms with Crippen LogP contribution in [0.4, 0.5) is 10.8 Å². The number of carboxylic acids is 1. The van der Waals surface area contributed by atoms with Crippen molar-refractivity contribution >= 4 is 34.0 Å². The summed E-state index contributed by atoms with van der Waals surface area (Å²) in [5.41, 5.74) is 7.69. The van der Waals surface area contributed by atoms with Gasteiger partial charge in [0.2, 0.25) is 0 Å². The average Bonchev–Trinajstić information content (AvgIpc) is 3.03. The van der Waals surface area contributed by atoms with Crippen LogP contribution >= 0.6 is 11.3 Å². The minimum Gasteiger partial charge on any atom is -0.478 e. The fourth-order valence-electron chi connectivity index (χ4n) is 2.27. The average molecular weight is 289 g/mol. The van der Waals surface area contributed by atoms with Crippen molar-refractivity contribution in [2.24, 2.45) is 0 Å². The summed E-state index contributed by atoms with van der Waals surface area (Å²) in [5, 5.41) is 11.0. The molecule has 2 aromatic rings. The Morgan fingerprint density at radius 3 is 2.85 bits per heavy atom. The fourth-order valence-corrected chi connectivity index (χ4v) is 2.81. The highest BCUT2D eigenvalue weighted by Crippen LogP contribution is 2.30. The summed E-state index contributed by atoms with van der Waals surface area (Å²) in [6.45, 7) is 0.522. The van der Waals surface area contributed by atoms with Gasteiger partial charge in [-0.1, -0.05) is 0 Å². The number of benzene rings is 1. The topological polar surface area (TPSA) is 96.5 Å². The van der Waals surface area contributed by atoms with E-state index in [0.29, 0.717) is 23.8 Å². The maximum Gasteiger partial charge on any atom is 0.335 e. The van der Waals surface area contributed by atoms with Gasteiger partial charge in [-0.3, -0.25) is 4.79 Å². The molecular weight excluding hydrogens is 278 g/mol. The molecular formula is C13H11N3O3S. The molecule has 0 bridgehead atoms. The summed E-state index contributed by atoms with van der Waals surface area (Å²) in [6.07, 6.45) is 0.641. The Balaban J connectivity index is 1.93. The van der Waals surface area contributed by atoms with Crippen LogP contribution in [0.2, 0.25) is 0 Å². The highest BCUT2D eigenvalue weighted by molar-refractivity contribution is 7.13. The maximum absolute atomic E-state index is 12.3. The number of aromatic carboxylic acids is 1. The SMILES string of the molecule is Nc1nc(C(=O)N2CCc3cc(C(=O)O)ccc32)cs1. The van der Waals surface area contributed by atoms with Crippen molar-refractivity contribution in [1.82, 2.24) is 4.98 Å². The summed E-state index contributed by atoms with van der Waals surface area (Å²) in [5.74, 6) is -1.18. The number of amides is 1. The van der Waals surface area contributed by atoms with E-state index < -0.39 is 5.97 Å². The first-order valence-corrected chi connectivity index (χ1v) is 6.83. The predicted molar refractivity (Wildman–Crippen MR) is 75.3 cm³/mol. The van der Waals surface area contributed by atoms with E-state index in [9.17, 15) is 9.59 Å². The highest BCUT2D eigenvalue weighted by Gasteiger charge is 2.27. The fraction of sp³-hybridized carbons (Fsp3) is 0.154. The smallest absolute Gasteiger partial charge is 0.335 e. The molecule has 0 radical (unpaired) electrons. The molecule has 0 unspecified atom stereocenters. The predicted octanol–water partition coefficient (Wildman–Crippen LogP) is 1.63. The van der Waals surface area contributed by atoms with Gasteiger partial charge in [-0.2, -0.15) is 0 Å². The second kappa shape index (κ2) is 4.61. The van der Waals surface area contributed by atoms with E-state index in [1.54, 1.807) is 22.4 Å². The van der Waals surface area contributed by atoms with Gasteiger partial charge in [0, 0.05) is 17.6 Å². The number of hydrogen-bond acceptors (Lipinski definition) is 5. The number of rotatable bonds is 2. The zero-order chi connectivity index (χ0) is 14.3. The molecule has 20 heavy (non-hydrogen) atoms. The van der Waals surface area contributed by atoms with Crippen molar-refractivity contribution in [3.63, 3.8) is 0 Å². The molecule has 3 N–H and O–H groups in total. The Morgan fingerprint density at radius 1 is 1.40 bits per heavy atom. The number of thiazole rings is 1. The Hall–Kier alpha value is -2.41. The van der Waals surface area contributed by atoms with Crippen LogP contribution in [-0.2, 0) is 6.42 Å². The van der Waals surface area contributed by atoms with E-state index in [-0.39, 0.29) is 11.5 Å². The zero-order valence-electron chi connectivity index (χ0n) is 10.4. The third-order valence-electron chi connectivity index (χ3n) is 3.21. The molecule has 0 spiro atoms. The number of carboxylic acid groups (broad SMARTS) is 1. The van der Waals surface area contributed by atoms with Crippen molar-refractivity contribution in [1.29, 1.82) is 0 Å². The van der Waals surface area contributed by atoms with Gasteiger partial charge in [-0.15, -0.1) is 11.3 Å². The van der Waals surface area contributed by atoms with Crippen LogP contribution in [-0.4, -0.2) is 28.5 Å². The maximum atomic E-state index is 12.3. The first-order valence-electron chi connectivity index (χ1n) is 5.95. The molecule has 1 aliphatic heterocycles. The number of aromatic nitrogens is 1. The van der Waals surface area contributed by atoms with Crippen LogP contribution in [0.15, 0.2) is 23.6 Å². The molecule has 2 heterocycles. The number of carbonyl (C=O) groups excluding carboxylic acids is 1. The Labute approximate surface area is 118 Å². The summed E-state index contributed by atoms with van der Waals surface area (Å²) < 4.78 is 0.